The number of pyridine rings is 1. The molecule has 0 radical (unpaired) electrons. The second-order valence-corrected chi connectivity index (χ2v) is 7.27. The van der Waals surface area contributed by atoms with E-state index in [1.54, 1.807) is 24.5 Å². The van der Waals surface area contributed by atoms with E-state index in [9.17, 15) is 4.79 Å². The monoisotopic (exact) mass is 377 g/mol. The van der Waals surface area contributed by atoms with Gasteiger partial charge in [0.2, 0.25) is 0 Å². The topological polar surface area (TPSA) is 63.1 Å². The number of carbonyl (C=O) groups excluding carboxylic acids is 1. The summed E-state index contributed by atoms with van der Waals surface area (Å²) >= 11 is 0. The van der Waals surface area contributed by atoms with Gasteiger partial charge in [0.05, 0.1) is 11.0 Å². The number of hydrogen-bond donors (Lipinski definition) is 1. The number of rotatable bonds is 6. The molecular weight excluding hydrogens is 350 g/mol. The van der Waals surface area contributed by atoms with Crippen molar-refractivity contribution in [3.63, 3.8) is 0 Å². The number of fused-ring (bicyclic) bond motifs is 1. The Balaban J connectivity index is 1.28. The summed E-state index contributed by atoms with van der Waals surface area (Å²) in [4.78, 5) is 23.3. The number of hydrogen-bond acceptors (Lipinski definition) is 4. The first-order valence-electron chi connectivity index (χ1n) is 10.1. The fraction of sp³-hybridized carbons (Fsp3) is 0.409. The molecule has 4 rings (SSSR count). The number of amides is 1. The number of benzene rings is 1. The van der Waals surface area contributed by atoms with Crippen LogP contribution >= 0.6 is 0 Å². The predicted octanol–water partition coefficient (Wildman–Crippen LogP) is 2.89. The lowest BCUT2D eigenvalue weighted by atomic mass is 10.0. The number of carbonyl (C=O) groups is 1. The van der Waals surface area contributed by atoms with Gasteiger partial charge in [-0.05, 0) is 44.0 Å². The quantitative estimate of drug-likeness (QED) is 0.717. The van der Waals surface area contributed by atoms with Gasteiger partial charge >= 0.3 is 0 Å². The van der Waals surface area contributed by atoms with Crippen molar-refractivity contribution in [1.29, 1.82) is 0 Å². The average Bonchev–Trinajstić information content (AvgIpc) is 3.11. The zero-order valence-corrected chi connectivity index (χ0v) is 16.3. The Kier molecular flexibility index (Phi) is 5.67. The van der Waals surface area contributed by atoms with Crippen LogP contribution in [0.25, 0.3) is 11.0 Å². The van der Waals surface area contributed by atoms with E-state index in [1.165, 1.54) is 5.52 Å². The molecule has 2 aromatic heterocycles. The largest absolute Gasteiger partial charge is 0.339 e. The molecule has 0 atom stereocenters. The highest BCUT2D eigenvalue weighted by Crippen LogP contribution is 2.17. The van der Waals surface area contributed by atoms with E-state index in [0.29, 0.717) is 6.04 Å². The molecule has 0 bridgehead atoms. The summed E-state index contributed by atoms with van der Waals surface area (Å²) < 4.78 is 2.30. The van der Waals surface area contributed by atoms with Crippen molar-refractivity contribution < 1.29 is 4.79 Å². The second-order valence-electron chi connectivity index (χ2n) is 7.27. The number of aryl methyl sites for hydroxylation is 1. The van der Waals surface area contributed by atoms with Gasteiger partial charge in [-0.2, -0.15) is 0 Å². The van der Waals surface area contributed by atoms with Gasteiger partial charge in [0.15, 0.2) is 0 Å². The number of likely N-dealkylation sites (tertiary alicyclic amines) is 1. The maximum atomic E-state index is 12.5. The molecule has 0 unspecified atom stereocenters. The summed E-state index contributed by atoms with van der Waals surface area (Å²) in [5.74, 6) is 1.25. The van der Waals surface area contributed by atoms with Crippen LogP contribution in [0, 0.1) is 0 Å². The summed E-state index contributed by atoms with van der Waals surface area (Å²) in [5.41, 5.74) is 3.00. The Labute approximate surface area is 165 Å². The van der Waals surface area contributed by atoms with Crippen LogP contribution < -0.4 is 5.32 Å². The van der Waals surface area contributed by atoms with Crippen LogP contribution in [0.1, 0.15) is 35.9 Å². The third kappa shape index (κ3) is 3.92. The van der Waals surface area contributed by atoms with Gasteiger partial charge in [-0.15, -0.1) is 0 Å². The molecule has 1 aromatic carbocycles. The minimum Gasteiger partial charge on any atom is -0.339 e. The number of para-hydroxylation sites is 2. The van der Waals surface area contributed by atoms with Crippen LogP contribution in [0.5, 0.6) is 0 Å². The zero-order valence-electron chi connectivity index (χ0n) is 16.3. The van der Waals surface area contributed by atoms with Crippen molar-refractivity contribution in [3.8, 4) is 0 Å². The Morgan fingerprint density at radius 3 is 2.64 bits per heavy atom. The fourth-order valence-electron chi connectivity index (χ4n) is 4.02. The molecule has 0 aliphatic carbocycles. The average molecular weight is 377 g/mol. The first-order valence-corrected chi connectivity index (χ1v) is 10.1. The molecule has 6 heteroatoms. The fourth-order valence-corrected chi connectivity index (χ4v) is 4.02. The SMILES string of the molecule is CCn1c(CCNC2CCN(C(=O)c3ccncc3)CC2)nc2ccccc21. The van der Waals surface area contributed by atoms with E-state index < -0.39 is 0 Å². The van der Waals surface area contributed by atoms with Crippen molar-refractivity contribution >= 4 is 16.9 Å². The van der Waals surface area contributed by atoms with Crippen LogP contribution in [-0.4, -0.2) is 51.0 Å². The molecule has 3 aromatic rings. The zero-order chi connectivity index (χ0) is 19.3. The van der Waals surface area contributed by atoms with Crippen molar-refractivity contribution in [2.45, 2.75) is 38.8 Å². The molecule has 28 heavy (non-hydrogen) atoms. The van der Waals surface area contributed by atoms with Crippen LogP contribution in [0.4, 0.5) is 0 Å². The van der Waals surface area contributed by atoms with Crippen molar-refractivity contribution in [3.05, 3.63) is 60.2 Å². The third-order valence-electron chi connectivity index (χ3n) is 5.54. The maximum absolute atomic E-state index is 12.5. The predicted molar refractivity (Wildman–Crippen MR) is 110 cm³/mol. The van der Waals surface area contributed by atoms with Crippen LogP contribution in [0.3, 0.4) is 0 Å². The highest BCUT2D eigenvalue weighted by Gasteiger charge is 2.23. The molecule has 3 heterocycles. The van der Waals surface area contributed by atoms with E-state index in [4.69, 9.17) is 4.98 Å². The third-order valence-corrected chi connectivity index (χ3v) is 5.54. The van der Waals surface area contributed by atoms with Gasteiger partial charge in [0.1, 0.15) is 5.82 Å². The van der Waals surface area contributed by atoms with Crippen molar-refractivity contribution in [2.24, 2.45) is 0 Å². The minimum atomic E-state index is 0.109. The van der Waals surface area contributed by atoms with Gasteiger partial charge < -0.3 is 14.8 Å². The van der Waals surface area contributed by atoms with E-state index in [1.807, 2.05) is 11.0 Å². The Morgan fingerprint density at radius 2 is 1.89 bits per heavy atom. The summed E-state index contributed by atoms with van der Waals surface area (Å²) in [6.07, 6.45) is 6.23. The number of aromatic nitrogens is 3. The molecule has 146 valence electrons. The standard InChI is InChI=1S/C22H27N5O/c1-2-27-20-6-4-3-5-19(20)25-21(27)9-14-24-18-10-15-26(16-11-18)22(28)17-7-12-23-13-8-17/h3-8,12-13,18,24H,2,9-11,14-16H2,1H3. The molecular formula is C22H27N5O. The Bertz CT molecular complexity index is 929. The van der Waals surface area contributed by atoms with E-state index in [2.05, 4.69) is 40.0 Å². The second kappa shape index (κ2) is 8.52. The molecule has 6 nitrogen and oxygen atoms in total. The highest BCUT2D eigenvalue weighted by molar-refractivity contribution is 5.94. The van der Waals surface area contributed by atoms with E-state index in [-0.39, 0.29) is 5.91 Å². The van der Waals surface area contributed by atoms with E-state index in [0.717, 1.165) is 62.3 Å². The van der Waals surface area contributed by atoms with Crippen molar-refractivity contribution in [1.82, 2.24) is 24.8 Å². The number of nitrogens with one attached hydrogen (secondary N) is 1. The van der Waals surface area contributed by atoms with Crippen LogP contribution in [0.2, 0.25) is 0 Å². The van der Waals surface area contributed by atoms with Crippen LogP contribution in [-0.2, 0) is 13.0 Å². The molecule has 0 saturated carbocycles. The summed E-state index contributed by atoms with van der Waals surface area (Å²) in [7, 11) is 0. The molecule has 1 N–H and O–H groups in total. The lowest BCUT2D eigenvalue weighted by Crippen LogP contribution is -2.45. The summed E-state index contributed by atoms with van der Waals surface area (Å²) in [5, 5.41) is 3.66. The maximum Gasteiger partial charge on any atom is 0.253 e. The van der Waals surface area contributed by atoms with Gasteiger partial charge in [0.25, 0.3) is 5.91 Å². The summed E-state index contributed by atoms with van der Waals surface area (Å²) in [6.45, 7) is 5.61. The smallest absolute Gasteiger partial charge is 0.253 e. The Hall–Kier alpha value is -2.73. The van der Waals surface area contributed by atoms with Gasteiger partial charge in [-0.3, -0.25) is 9.78 Å². The molecule has 1 fully saturated rings. The van der Waals surface area contributed by atoms with Crippen LogP contribution in [0.15, 0.2) is 48.8 Å². The summed E-state index contributed by atoms with van der Waals surface area (Å²) in [6, 6.07) is 12.4. The normalized spacial score (nSPS) is 15.2. The molecule has 1 aliphatic rings. The Morgan fingerprint density at radius 1 is 1.14 bits per heavy atom. The molecule has 1 saturated heterocycles. The van der Waals surface area contributed by atoms with Crippen molar-refractivity contribution in [2.75, 3.05) is 19.6 Å². The minimum absolute atomic E-state index is 0.109. The van der Waals surface area contributed by atoms with E-state index >= 15 is 0 Å². The first kappa shape index (κ1) is 18.6. The lowest BCUT2D eigenvalue weighted by Gasteiger charge is -2.32. The van der Waals surface area contributed by atoms with Gasteiger partial charge in [-0.25, -0.2) is 4.98 Å². The number of piperidine rings is 1. The highest BCUT2D eigenvalue weighted by atomic mass is 16.2. The van der Waals surface area contributed by atoms with Gasteiger partial charge in [0, 0.05) is 56.6 Å². The number of nitrogens with zero attached hydrogens (tertiary/aromatic N) is 4. The molecule has 0 spiro atoms. The molecule has 1 amide bonds. The number of imidazole rings is 1. The lowest BCUT2D eigenvalue weighted by molar-refractivity contribution is 0.0705. The first-order chi connectivity index (χ1) is 13.8. The van der Waals surface area contributed by atoms with Gasteiger partial charge in [-0.1, -0.05) is 12.1 Å². The molecule has 1 aliphatic heterocycles.